The number of ether oxygens (including phenoxy) is 2. The number of carbonyl (C=O) groups excluding carboxylic acids is 2. The van der Waals surface area contributed by atoms with Gasteiger partial charge in [0.2, 0.25) is 5.91 Å². The Morgan fingerprint density at radius 2 is 1.93 bits per heavy atom. The fraction of sp³-hybridized carbons (Fsp3) is 0.429. The molecule has 0 unspecified atom stereocenters. The Hall–Kier alpha value is -2.76. The van der Waals surface area contributed by atoms with E-state index in [9.17, 15) is 9.59 Å². The third-order valence-electron chi connectivity index (χ3n) is 5.20. The molecule has 0 spiro atoms. The Bertz CT molecular complexity index is 887. The molecule has 0 bridgehead atoms. The molecule has 1 fully saturated rings. The van der Waals surface area contributed by atoms with Crippen molar-refractivity contribution in [2.75, 3.05) is 27.3 Å². The van der Waals surface area contributed by atoms with Crippen LogP contribution >= 0.6 is 0 Å². The third-order valence-corrected chi connectivity index (χ3v) is 5.20. The Kier molecular flexibility index (Phi) is 5.54. The molecule has 27 heavy (non-hydrogen) atoms. The zero-order valence-electron chi connectivity index (χ0n) is 16.2. The number of esters is 1. The Labute approximate surface area is 158 Å². The van der Waals surface area contributed by atoms with Gasteiger partial charge >= 0.3 is 5.97 Å². The van der Waals surface area contributed by atoms with Crippen molar-refractivity contribution < 1.29 is 23.5 Å². The molecule has 1 aromatic carbocycles. The van der Waals surface area contributed by atoms with E-state index in [4.69, 9.17) is 13.9 Å². The maximum absolute atomic E-state index is 12.7. The van der Waals surface area contributed by atoms with Gasteiger partial charge in [0.25, 0.3) is 0 Å². The number of piperidine rings is 1. The molecule has 144 valence electrons. The Balaban J connectivity index is 1.79. The topological polar surface area (TPSA) is 69.0 Å². The highest BCUT2D eigenvalue weighted by atomic mass is 16.5. The van der Waals surface area contributed by atoms with E-state index < -0.39 is 0 Å². The highest BCUT2D eigenvalue weighted by Crippen LogP contribution is 2.33. The summed E-state index contributed by atoms with van der Waals surface area (Å²) < 4.78 is 15.8. The smallest absolute Gasteiger partial charge is 0.308 e. The largest absolute Gasteiger partial charge is 0.496 e. The summed E-state index contributed by atoms with van der Waals surface area (Å²) in [5.41, 5.74) is 3.50. The molecule has 6 heteroatoms. The van der Waals surface area contributed by atoms with Gasteiger partial charge in [0.15, 0.2) is 0 Å². The number of allylic oxidation sites excluding steroid dienone is 1. The van der Waals surface area contributed by atoms with Crippen LogP contribution in [-0.4, -0.2) is 44.1 Å². The molecule has 3 rings (SSSR count). The minimum Gasteiger partial charge on any atom is -0.496 e. The second-order valence-corrected chi connectivity index (χ2v) is 6.92. The summed E-state index contributed by atoms with van der Waals surface area (Å²) >= 11 is 0. The van der Waals surface area contributed by atoms with Gasteiger partial charge in [0.1, 0.15) is 11.3 Å². The van der Waals surface area contributed by atoms with E-state index in [-0.39, 0.29) is 17.8 Å². The van der Waals surface area contributed by atoms with Crippen LogP contribution in [0.4, 0.5) is 0 Å². The van der Waals surface area contributed by atoms with Crippen LogP contribution < -0.4 is 4.74 Å². The maximum Gasteiger partial charge on any atom is 0.308 e. The molecule has 0 radical (unpaired) electrons. The van der Waals surface area contributed by atoms with Crippen molar-refractivity contribution >= 4 is 28.4 Å². The zero-order valence-corrected chi connectivity index (χ0v) is 16.2. The molecule has 2 heterocycles. The maximum atomic E-state index is 12.7. The van der Waals surface area contributed by atoms with E-state index >= 15 is 0 Å². The van der Waals surface area contributed by atoms with Crippen LogP contribution in [0, 0.1) is 12.8 Å². The first-order chi connectivity index (χ1) is 12.9. The lowest BCUT2D eigenvalue weighted by Crippen LogP contribution is -2.39. The van der Waals surface area contributed by atoms with Crippen LogP contribution in [0.1, 0.15) is 30.9 Å². The number of fused-ring (bicyclic) bond motifs is 1. The average Bonchev–Trinajstić information content (AvgIpc) is 3.06. The molecule has 1 amide bonds. The van der Waals surface area contributed by atoms with E-state index in [0.29, 0.717) is 31.7 Å². The molecule has 0 saturated carbocycles. The summed E-state index contributed by atoms with van der Waals surface area (Å²) in [7, 11) is 3.01. The number of aryl methyl sites for hydroxylation is 1. The SMILES string of the molecule is COC(=O)C1CCN(C(=O)/C=C(\C)c2cc3c(C)coc3cc2OC)CC1. The van der Waals surface area contributed by atoms with Crippen LogP contribution in [0.5, 0.6) is 5.75 Å². The summed E-state index contributed by atoms with van der Waals surface area (Å²) in [5, 5.41) is 1.00. The second kappa shape index (κ2) is 7.86. The monoisotopic (exact) mass is 371 g/mol. The van der Waals surface area contributed by atoms with Gasteiger partial charge in [0.05, 0.1) is 26.4 Å². The van der Waals surface area contributed by atoms with Crippen molar-refractivity contribution in [2.24, 2.45) is 5.92 Å². The average molecular weight is 371 g/mol. The Morgan fingerprint density at radius 1 is 1.22 bits per heavy atom. The van der Waals surface area contributed by atoms with Crippen LogP contribution in [0.2, 0.25) is 0 Å². The molecule has 6 nitrogen and oxygen atoms in total. The van der Waals surface area contributed by atoms with Crippen LogP contribution in [0.15, 0.2) is 28.9 Å². The van der Waals surface area contributed by atoms with Gasteiger partial charge in [-0.1, -0.05) is 0 Å². The van der Waals surface area contributed by atoms with Gasteiger partial charge in [-0.05, 0) is 43.9 Å². The normalized spacial score (nSPS) is 15.9. The van der Waals surface area contributed by atoms with Crippen LogP contribution in [-0.2, 0) is 14.3 Å². The van der Waals surface area contributed by atoms with Crippen molar-refractivity contribution in [1.82, 2.24) is 4.90 Å². The molecule has 1 saturated heterocycles. The second-order valence-electron chi connectivity index (χ2n) is 6.92. The lowest BCUT2D eigenvalue weighted by Gasteiger charge is -2.30. The molecular weight excluding hydrogens is 346 g/mol. The first kappa shape index (κ1) is 19.0. The quantitative estimate of drug-likeness (QED) is 0.607. The number of hydrogen-bond donors (Lipinski definition) is 0. The van der Waals surface area contributed by atoms with Crippen molar-refractivity contribution in [1.29, 1.82) is 0 Å². The van der Waals surface area contributed by atoms with Gasteiger partial charge in [-0.2, -0.15) is 0 Å². The third kappa shape index (κ3) is 3.84. The first-order valence-electron chi connectivity index (χ1n) is 9.05. The van der Waals surface area contributed by atoms with Crippen LogP contribution in [0.3, 0.4) is 0 Å². The first-order valence-corrected chi connectivity index (χ1v) is 9.05. The number of hydrogen-bond acceptors (Lipinski definition) is 5. The summed E-state index contributed by atoms with van der Waals surface area (Å²) in [5.74, 6) is 0.308. The molecule has 1 aromatic heterocycles. The van der Waals surface area contributed by atoms with Crippen molar-refractivity contribution in [2.45, 2.75) is 26.7 Å². The van der Waals surface area contributed by atoms with E-state index in [1.54, 1.807) is 24.3 Å². The molecule has 1 aliphatic rings. The minimum absolute atomic E-state index is 0.0538. The van der Waals surface area contributed by atoms with Gasteiger partial charge in [-0.15, -0.1) is 0 Å². The molecule has 1 aliphatic heterocycles. The number of amides is 1. The molecule has 0 aliphatic carbocycles. The zero-order chi connectivity index (χ0) is 19.6. The minimum atomic E-state index is -0.192. The van der Waals surface area contributed by atoms with E-state index in [1.165, 1.54) is 7.11 Å². The van der Waals surface area contributed by atoms with Crippen LogP contribution in [0.25, 0.3) is 16.5 Å². The molecule has 0 N–H and O–H groups in total. The van der Waals surface area contributed by atoms with E-state index in [2.05, 4.69) is 0 Å². The van der Waals surface area contributed by atoms with E-state index in [0.717, 1.165) is 27.7 Å². The standard InChI is InChI=1S/C21H25NO5/c1-13(9-20(23)22-7-5-15(6-8-22)21(24)26-4)16-10-17-14(2)12-27-19(17)11-18(16)25-3/h9-12,15H,5-8H2,1-4H3/b13-9+. The fourth-order valence-electron chi connectivity index (χ4n) is 3.52. The van der Waals surface area contributed by atoms with E-state index in [1.807, 2.05) is 26.0 Å². The summed E-state index contributed by atoms with van der Waals surface area (Å²) in [6.45, 7) is 4.99. The predicted octanol–water partition coefficient (Wildman–Crippen LogP) is 3.56. The predicted molar refractivity (Wildman–Crippen MR) is 102 cm³/mol. The molecule has 0 atom stereocenters. The molecular formula is C21H25NO5. The van der Waals surface area contributed by atoms with Gasteiger partial charge in [0, 0.05) is 36.2 Å². The fourth-order valence-corrected chi connectivity index (χ4v) is 3.52. The number of furan rings is 1. The van der Waals surface area contributed by atoms with Gasteiger partial charge < -0.3 is 18.8 Å². The lowest BCUT2D eigenvalue weighted by atomic mass is 9.96. The van der Waals surface area contributed by atoms with Gasteiger partial charge in [-0.3, -0.25) is 9.59 Å². The number of methoxy groups -OCH3 is 2. The number of nitrogens with zero attached hydrogens (tertiary/aromatic N) is 1. The van der Waals surface area contributed by atoms with Gasteiger partial charge in [-0.25, -0.2) is 0 Å². The van der Waals surface area contributed by atoms with Crippen molar-refractivity contribution in [3.63, 3.8) is 0 Å². The Morgan fingerprint density at radius 3 is 2.56 bits per heavy atom. The highest BCUT2D eigenvalue weighted by Gasteiger charge is 2.27. The van der Waals surface area contributed by atoms with Crippen molar-refractivity contribution in [3.05, 3.63) is 35.6 Å². The lowest BCUT2D eigenvalue weighted by molar-refractivity contribution is -0.148. The van der Waals surface area contributed by atoms with Crippen molar-refractivity contribution in [3.8, 4) is 5.75 Å². The summed E-state index contributed by atoms with van der Waals surface area (Å²) in [6, 6.07) is 3.84. The number of likely N-dealkylation sites (tertiary alicyclic amines) is 1. The number of rotatable bonds is 4. The highest BCUT2D eigenvalue weighted by molar-refractivity contribution is 5.97. The summed E-state index contributed by atoms with van der Waals surface area (Å²) in [6.07, 6.45) is 4.62. The number of benzene rings is 1. The number of carbonyl (C=O) groups is 2. The molecule has 2 aromatic rings. The summed E-state index contributed by atoms with van der Waals surface area (Å²) in [4.78, 5) is 26.1.